The lowest BCUT2D eigenvalue weighted by atomic mass is 10.0. The molecule has 2 N–H and O–H groups in total. The van der Waals surface area contributed by atoms with E-state index in [1.807, 2.05) is 25.1 Å². The van der Waals surface area contributed by atoms with Gasteiger partial charge in [0, 0.05) is 63.0 Å². The first-order valence-electron chi connectivity index (χ1n) is 13.7. The van der Waals surface area contributed by atoms with E-state index in [1.54, 1.807) is 41.3 Å². The van der Waals surface area contributed by atoms with Crippen molar-refractivity contribution in [2.45, 2.75) is 33.1 Å². The van der Waals surface area contributed by atoms with Crippen molar-refractivity contribution in [1.29, 1.82) is 0 Å². The van der Waals surface area contributed by atoms with Gasteiger partial charge in [0.25, 0.3) is 5.91 Å². The number of rotatable bonds is 19. The topological polar surface area (TPSA) is 123 Å². The molecule has 0 atom stereocenters. The summed E-state index contributed by atoms with van der Waals surface area (Å²) in [5, 5.41) is 5.49. The fraction of sp³-hybridized carbons (Fsp3) is 0.467. The third-order valence-electron chi connectivity index (χ3n) is 5.84. The number of hydrogen-bond acceptors (Lipinski definition) is 7. The highest BCUT2D eigenvalue weighted by atomic mass is 16.6. The third-order valence-corrected chi connectivity index (χ3v) is 5.84. The molecular weight excluding hydrogens is 514 g/mol. The molecule has 0 radical (unpaired) electrons. The molecule has 0 aliphatic heterocycles. The van der Waals surface area contributed by atoms with E-state index < -0.39 is 6.09 Å². The zero-order valence-corrected chi connectivity index (χ0v) is 23.5. The summed E-state index contributed by atoms with van der Waals surface area (Å²) in [5.41, 5.74) is 1.63. The third kappa shape index (κ3) is 12.9. The van der Waals surface area contributed by atoms with E-state index in [2.05, 4.69) is 10.6 Å². The standard InChI is InChI=1S/C30H41N3O7/c1-3-17-33(24(2)34)18-21-39-22-23-40-30(37)32-16-8-20-38-19-7-15-31-29(36)27-13-11-26(12-14-27)28(35)25-9-5-4-6-10-25/h4-6,9-14H,3,7-8,15-23H2,1-2H3,(H,31,36)(H,32,37). The van der Waals surface area contributed by atoms with E-state index >= 15 is 0 Å². The van der Waals surface area contributed by atoms with Crippen LogP contribution >= 0.6 is 0 Å². The average molecular weight is 556 g/mol. The van der Waals surface area contributed by atoms with Gasteiger partial charge >= 0.3 is 6.09 Å². The Kier molecular flexibility index (Phi) is 15.7. The number of nitrogens with zero attached hydrogens (tertiary/aromatic N) is 1. The molecule has 0 heterocycles. The maximum absolute atomic E-state index is 12.5. The van der Waals surface area contributed by atoms with Crippen LogP contribution in [0.2, 0.25) is 0 Å². The van der Waals surface area contributed by atoms with Crippen molar-refractivity contribution in [1.82, 2.24) is 15.5 Å². The van der Waals surface area contributed by atoms with Gasteiger partial charge in [-0.15, -0.1) is 0 Å². The van der Waals surface area contributed by atoms with Crippen molar-refractivity contribution >= 4 is 23.7 Å². The van der Waals surface area contributed by atoms with Crippen LogP contribution in [0.3, 0.4) is 0 Å². The zero-order chi connectivity index (χ0) is 29.0. The number of nitrogens with one attached hydrogen (secondary N) is 2. The molecule has 0 aromatic heterocycles. The molecule has 0 spiro atoms. The lowest BCUT2D eigenvalue weighted by Gasteiger charge is -2.20. The second kappa shape index (κ2) is 19.3. The van der Waals surface area contributed by atoms with Crippen LogP contribution in [0.15, 0.2) is 54.6 Å². The first-order valence-corrected chi connectivity index (χ1v) is 13.7. The summed E-state index contributed by atoms with van der Waals surface area (Å²) in [5.74, 6) is -0.269. The maximum Gasteiger partial charge on any atom is 0.407 e. The predicted molar refractivity (Wildman–Crippen MR) is 151 cm³/mol. The summed E-state index contributed by atoms with van der Waals surface area (Å²) in [7, 11) is 0. The fourth-order valence-electron chi connectivity index (χ4n) is 3.69. The SMILES string of the molecule is CCCN(CCOCCOC(=O)NCCCOCCCNC(=O)c1ccc(C(=O)c2ccccc2)cc1)C(C)=O. The second-order valence-electron chi connectivity index (χ2n) is 9.03. The minimum absolute atomic E-state index is 0.0221. The van der Waals surface area contributed by atoms with Crippen molar-refractivity contribution in [3.63, 3.8) is 0 Å². The largest absolute Gasteiger partial charge is 0.447 e. The van der Waals surface area contributed by atoms with Gasteiger partial charge in [0.2, 0.25) is 5.91 Å². The van der Waals surface area contributed by atoms with Crippen LogP contribution < -0.4 is 10.6 Å². The molecule has 0 aliphatic carbocycles. The van der Waals surface area contributed by atoms with Gasteiger partial charge in [0.05, 0.1) is 13.2 Å². The highest BCUT2D eigenvalue weighted by molar-refractivity contribution is 6.09. The molecular formula is C30H41N3O7. The highest BCUT2D eigenvalue weighted by Gasteiger charge is 2.11. The molecule has 0 saturated carbocycles. The van der Waals surface area contributed by atoms with E-state index in [0.717, 1.165) is 6.42 Å². The zero-order valence-electron chi connectivity index (χ0n) is 23.5. The summed E-state index contributed by atoms with van der Waals surface area (Å²) >= 11 is 0. The Balaban J connectivity index is 1.44. The maximum atomic E-state index is 12.5. The van der Waals surface area contributed by atoms with E-state index in [9.17, 15) is 19.2 Å². The minimum Gasteiger partial charge on any atom is -0.447 e. The molecule has 3 amide bonds. The van der Waals surface area contributed by atoms with Gasteiger partial charge in [0.15, 0.2) is 5.78 Å². The monoisotopic (exact) mass is 555 g/mol. The summed E-state index contributed by atoms with van der Waals surface area (Å²) in [6.07, 6.45) is 1.66. The summed E-state index contributed by atoms with van der Waals surface area (Å²) in [6, 6.07) is 15.6. The molecule has 2 aromatic rings. The second-order valence-corrected chi connectivity index (χ2v) is 9.03. The van der Waals surface area contributed by atoms with Crippen molar-refractivity contribution in [2.75, 3.05) is 59.2 Å². The van der Waals surface area contributed by atoms with E-state index in [1.165, 1.54) is 6.92 Å². The number of ketones is 1. The van der Waals surface area contributed by atoms with Crippen molar-refractivity contribution in [3.05, 3.63) is 71.3 Å². The van der Waals surface area contributed by atoms with Gasteiger partial charge in [-0.2, -0.15) is 0 Å². The van der Waals surface area contributed by atoms with E-state index in [4.69, 9.17) is 14.2 Å². The van der Waals surface area contributed by atoms with Crippen molar-refractivity contribution < 1.29 is 33.4 Å². The predicted octanol–water partition coefficient (Wildman–Crippen LogP) is 3.45. The molecule has 2 rings (SSSR count). The number of amides is 3. The fourth-order valence-corrected chi connectivity index (χ4v) is 3.69. The Hall–Kier alpha value is -3.76. The number of benzene rings is 2. The van der Waals surface area contributed by atoms with Crippen LogP contribution in [-0.4, -0.2) is 87.8 Å². The number of alkyl carbamates (subject to hydrolysis) is 1. The van der Waals surface area contributed by atoms with E-state index in [-0.39, 0.29) is 30.8 Å². The van der Waals surface area contributed by atoms with Gasteiger partial charge in [-0.3, -0.25) is 14.4 Å². The number of carbonyl (C=O) groups is 4. The average Bonchev–Trinajstić information content (AvgIpc) is 2.97. The normalized spacial score (nSPS) is 10.6. The van der Waals surface area contributed by atoms with Crippen LogP contribution in [0.1, 0.15) is 59.4 Å². The number of ether oxygens (including phenoxy) is 3. The molecule has 0 saturated heterocycles. The molecule has 0 unspecified atom stereocenters. The molecule has 0 bridgehead atoms. The molecule has 40 heavy (non-hydrogen) atoms. The van der Waals surface area contributed by atoms with Gasteiger partial charge in [-0.25, -0.2) is 4.79 Å². The Bertz CT molecular complexity index is 1050. The lowest BCUT2D eigenvalue weighted by Crippen LogP contribution is -2.33. The number of hydrogen-bond donors (Lipinski definition) is 2. The number of carbonyl (C=O) groups excluding carboxylic acids is 4. The molecule has 0 fully saturated rings. The molecule has 2 aromatic carbocycles. The Labute approximate surface area is 236 Å². The molecule has 218 valence electrons. The Morgan fingerprint density at radius 3 is 1.95 bits per heavy atom. The van der Waals surface area contributed by atoms with Crippen molar-refractivity contribution in [3.8, 4) is 0 Å². The Morgan fingerprint density at radius 2 is 1.30 bits per heavy atom. The highest BCUT2D eigenvalue weighted by Crippen LogP contribution is 2.11. The summed E-state index contributed by atoms with van der Waals surface area (Å²) in [4.78, 5) is 49.7. The van der Waals surface area contributed by atoms with Gasteiger partial charge in [0.1, 0.15) is 6.61 Å². The van der Waals surface area contributed by atoms with Crippen LogP contribution in [0, 0.1) is 0 Å². The van der Waals surface area contributed by atoms with Crippen LogP contribution in [0.4, 0.5) is 4.79 Å². The van der Waals surface area contributed by atoms with Crippen molar-refractivity contribution in [2.24, 2.45) is 0 Å². The smallest absolute Gasteiger partial charge is 0.407 e. The first kappa shape index (κ1) is 32.5. The van der Waals surface area contributed by atoms with Gasteiger partial charge in [-0.1, -0.05) is 49.4 Å². The Morgan fingerprint density at radius 1 is 0.700 bits per heavy atom. The minimum atomic E-state index is -0.514. The van der Waals surface area contributed by atoms with Gasteiger partial charge in [-0.05, 0) is 31.4 Å². The van der Waals surface area contributed by atoms with E-state index in [0.29, 0.717) is 75.5 Å². The van der Waals surface area contributed by atoms with Crippen LogP contribution in [0.5, 0.6) is 0 Å². The van der Waals surface area contributed by atoms with Crippen LogP contribution in [-0.2, 0) is 19.0 Å². The quantitative estimate of drug-likeness (QED) is 0.201. The molecule has 0 aliphatic rings. The summed E-state index contributed by atoms with van der Waals surface area (Å²) < 4.78 is 16.0. The summed E-state index contributed by atoms with van der Waals surface area (Å²) in [6.45, 7) is 7.41. The first-order chi connectivity index (χ1) is 19.4. The molecule has 10 heteroatoms. The lowest BCUT2D eigenvalue weighted by molar-refractivity contribution is -0.129. The van der Waals surface area contributed by atoms with Gasteiger partial charge < -0.3 is 29.7 Å². The molecule has 10 nitrogen and oxygen atoms in total. The van der Waals surface area contributed by atoms with Crippen LogP contribution in [0.25, 0.3) is 0 Å².